The van der Waals surface area contributed by atoms with Gasteiger partial charge in [-0.05, 0) is 44.6 Å². The lowest BCUT2D eigenvalue weighted by molar-refractivity contribution is 0.322. The molecule has 5 N–H and O–H groups in total. The second kappa shape index (κ2) is 5.36. The molecular weight excluding hydrogens is 264 g/mol. The highest BCUT2D eigenvalue weighted by atomic mass is 32.2. The van der Waals surface area contributed by atoms with Crippen LogP contribution < -0.4 is 16.2 Å². The van der Waals surface area contributed by atoms with Gasteiger partial charge in [-0.1, -0.05) is 0 Å². The van der Waals surface area contributed by atoms with E-state index in [1.807, 2.05) is 0 Å². The van der Waals surface area contributed by atoms with Crippen LogP contribution in [0.1, 0.15) is 12.8 Å². The van der Waals surface area contributed by atoms with Crippen molar-refractivity contribution in [1.82, 2.24) is 4.90 Å². The number of nitrogen functional groups attached to an aromatic ring is 1. The number of likely N-dealkylation sites (tertiary alicyclic amines) is 1. The van der Waals surface area contributed by atoms with Crippen molar-refractivity contribution in [2.24, 2.45) is 5.14 Å². The van der Waals surface area contributed by atoms with Gasteiger partial charge in [0, 0.05) is 18.3 Å². The molecular formula is C12H20N4O2S. The molecule has 106 valence electrons. The average molecular weight is 284 g/mol. The summed E-state index contributed by atoms with van der Waals surface area (Å²) in [7, 11) is -1.70. The summed E-state index contributed by atoms with van der Waals surface area (Å²) in [5.74, 6) is 0. The summed E-state index contributed by atoms with van der Waals surface area (Å²) >= 11 is 0. The van der Waals surface area contributed by atoms with Crippen molar-refractivity contribution in [1.29, 1.82) is 0 Å². The van der Waals surface area contributed by atoms with E-state index in [1.165, 1.54) is 12.5 Å². The summed E-state index contributed by atoms with van der Waals surface area (Å²) in [5.41, 5.74) is 6.50. The summed E-state index contributed by atoms with van der Waals surface area (Å²) in [6.45, 7) is 1.78. The van der Waals surface area contributed by atoms with Crippen LogP contribution >= 0.6 is 0 Å². The maximum atomic E-state index is 11.5. The first-order valence-corrected chi connectivity index (χ1v) is 7.79. The van der Waals surface area contributed by atoms with E-state index < -0.39 is 10.0 Å². The molecule has 1 aromatic rings. The van der Waals surface area contributed by atoms with Crippen molar-refractivity contribution >= 4 is 21.4 Å². The first-order chi connectivity index (χ1) is 8.88. The first-order valence-electron chi connectivity index (χ1n) is 6.24. The van der Waals surface area contributed by atoms with E-state index in [9.17, 15) is 8.42 Å². The Balaban J connectivity index is 2.16. The summed E-state index contributed by atoms with van der Waals surface area (Å²) in [6, 6.07) is 5.13. The molecule has 0 radical (unpaired) electrons. The van der Waals surface area contributed by atoms with Crippen LogP contribution in [0.2, 0.25) is 0 Å². The molecule has 0 aliphatic carbocycles. The summed E-state index contributed by atoms with van der Waals surface area (Å²) in [5, 5.41) is 8.37. The highest BCUT2D eigenvalue weighted by molar-refractivity contribution is 7.89. The van der Waals surface area contributed by atoms with Gasteiger partial charge in [-0.25, -0.2) is 13.6 Å². The third kappa shape index (κ3) is 3.37. The van der Waals surface area contributed by atoms with Crippen LogP contribution in [-0.2, 0) is 10.0 Å². The maximum absolute atomic E-state index is 11.5. The lowest BCUT2D eigenvalue weighted by Gasteiger charge is -2.21. The van der Waals surface area contributed by atoms with Crippen molar-refractivity contribution in [2.45, 2.75) is 23.8 Å². The first kappa shape index (κ1) is 14.1. The van der Waals surface area contributed by atoms with Gasteiger partial charge in [0.05, 0.1) is 5.69 Å². The smallest absolute Gasteiger partial charge is 0.240 e. The summed E-state index contributed by atoms with van der Waals surface area (Å²) in [4.78, 5) is 2.31. The van der Waals surface area contributed by atoms with Crippen molar-refractivity contribution in [3.8, 4) is 0 Å². The Bertz CT molecular complexity index is 559. The molecule has 0 aromatic heterocycles. The minimum absolute atomic E-state index is 0.0492. The number of rotatable bonds is 4. The lowest BCUT2D eigenvalue weighted by atomic mass is 10.2. The largest absolute Gasteiger partial charge is 0.399 e. The Morgan fingerprint density at radius 3 is 2.79 bits per heavy atom. The second-order valence-electron chi connectivity index (χ2n) is 4.96. The van der Waals surface area contributed by atoms with Crippen LogP contribution in [0.25, 0.3) is 0 Å². The Morgan fingerprint density at radius 2 is 2.21 bits per heavy atom. The van der Waals surface area contributed by atoms with Gasteiger partial charge >= 0.3 is 0 Å². The minimum atomic E-state index is -3.77. The van der Waals surface area contributed by atoms with E-state index in [0.29, 0.717) is 24.0 Å². The van der Waals surface area contributed by atoms with Gasteiger partial charge in [0.25, 0.3) is 0 Å². The molecule has 1 saturated heterocycles. The monoisotopic (exact) mass is 284 g/mol. The Kier molecular flexibility index (Phi) is 3.98. The van der Waals surface area contributed by atoms with Crippen molar-refractivity contribution < 1.29 is 8.42 Å². The number of likely N-dealkylation sites (N-methyl/N-ethyl adjacent to an activating group) is 1. The number of benzene rings is 1. The number of nitrogens with one attached hydrogen (secondary N) is 1. The molecule has 1 aliphatic heterocycles. The fourth-order valence-corrected chi connectivity index (χ4v) is 3.13. The zero-order valence-electron chi connectivity index (χ0n) is 11.0. The van der Waals surface area contributed by atoms with Crippen molar-refractivity contribution in [2.75, 3.05) is 31.2 Å². The molecule has 1 fully saturated rings. The van der Waals surface area contributed by atoms with Gasteiger partial charge in [0.2, 0.25) is 10.0 Å². The molecule has 1 aromatic carbocycles. The number of primary sulfonamides is 1. The molecule has 2 rings (SSSR count). The van der Waals surface area contributed by atoms with Crippen LogP contribution in [0.3, 0.4) is 0 Å². The van der Waals surface area contributed by atoms with E-state index >= 15 is 0 Å². The van der Waals surface area contributed by atoms with Crippen molar-refractivity contribution in [3.05, 3.63) is 18.2 Å². The van der Waals surface area contributed by atoms with Gasteiger partial charge in [0.1, 0.15) is 4.90 Å². The second-order valence-corrected chi connectivity index (χ2v) is 6.49. The van der Waals surface area contributed by atoms with Gasteiger partial charge in [-0.3, -0.25) is 0 Å². The number of hydrogen-bond acceptors (Lipinski definition) is 5. The molecule has 0 amide bonds. The van der Waals surface area contributed by atoms with Gasteiger partial charge in [-0.2, -0.15) is 0 Å². The molecule has 19 heavy (non-hydrogen) atoms. The van der Waals surface area contributed by atoms with E-state index in [4.69, 9.17) is 10.9 Å². The zero-order chi connectivity index (χ0) is 14.0. The highest BCUT2D eigenvalue weighted by Gasteiger charge is 2.21. The number of anilines is 2. The number of sulfonamides is 1. The third-order valence-electron chi connectivity index (χ3n) is 3.51. The van der Waals surface area contributed by atoms with E-state index in [1.54, 1.807) is 12.1 Å². The fourth-order valence-electron chi connectivity index (χ4n) is 2.39. The van der Waals surface area contributed by atoms with Crippen LogP contribution in [0.15, 0.2) is 23.1 Å². The molecule has 1 unspecified atom stereocenters. The number of nitrogens with zero attached hydrogens (tertiary/aromatic N) is 1. The quantitative estimate of drug-likeness (QED) is 0.696. The van der Waals surface area contributed by atoms with Gasteiger partial charge in [0.15, 0.2) is 0 Å². The Hall–Kier alpha value is -1.31. The minimum Gasteiger partial charge on any atom is -0.399 e. The average Bonchev–Trinajstić information content (AvgIpc) is 2.72. The van der Waals surface area contributed by atoms with Crippen LogP contribution in [0, 0.1) is 0 Å². The summed E-state index contributed by atoms with van der Waals surface area (Å²) < 4.78 is 23.1. The molecule has 1 aliphatic rings. The highest BCUT2D eigenvalue weighted by Crippen LogP contribution is 2.24. The predicted octanol–water partition coefficient (Wildman–Crippen LogP) is 0.422. The third-order valence-corrected chi connectivity index (χ3v) is 4.46. The number of hydrogen-bond donors (Lipinski definition) is 3. The maximum Gasteiger partial charge on any atom is 0.240 e. The van der Waals surface area contributed by atoms with E-state index in [-0.39, 0.29) is 4.90 Å². The zero-order valence-corrected chi connectivity index (χ0v) is 11.8. The van der Waals surface area contributed by atoms with Gasteiger partial charge < -0.3 is 16.0 Å². The molecule has 0 spiro atoms. The standard InChI is InChI=1S/C12H20N4O2S/c1-16-6-2-3-10(16)8-15-11-5-4-9(13)7-12(11)19(14,17)18/h4-5,7,10,15H,2-3,6,8,13H2,1H3,(H2,14,17,18). The predicted molar refractivity (Wildman–Crippen MR) is 76.4 cm³/mol. The Labute approximate surface area is 113 Å². The molecule has 0 bridgehead atoms. The SMILES string of the molecule is CN1CCCC1CNc1ccc(N)cc1S(N)(=O)=O. The van der Waals surface area contributed by atoms with E-state index in [2.05, 4.69) is 17.3 Å². The molecule has 1 heterocycles. The number of nitrogens with two attached hydrogens (primary N) is 2. The lowest BCUT2D eigenvalue weighted by Crippen LogP contribution is -2.32. The normalized spacial score (nSPS) is 20.6. The van der Waals surface area contributed by atoms with E-state index in [0.717, 1.165) is 13.0 Å². The van der Waals surface area contributed by atoms with Crippen LogP contribution in [0.4, 0.5) is 11.4 Å². The molecule has 6 nitrogen and oxygen atoms in total. The fraction of sp³-hybridized carbons (Fsp3) is 0.500. The van der Waals surface area contributed by atoms with Crippen molar-refractivity contribution in [3.63, 3.8) is 0 Å². The van der Waals surface area contributed by atoms with Crippen LogP contribution in [-0.4, -0.2) is 39.5 Å². The summed E-state index contributed by atoms with van der Waals surface area (Å²) in [6.07, 6.45) is 2.29. The molecule has 1 atom stereocenters. The Morgan fingerprint density at radius 1 is 1.47 bits per heavy atom. The van der Waals surface area contributed by atoms with Crippen LogP contribution in [0.5, 0.6) is 0 Å². The molecule has 7 heteroatoms. The molecule has 0 saturated carbocycles. The topological polar surface area (TPSA) is 101 Å². The van der Waals surface area contributed by atoms with Gasteiger partial charge in [-0.15, -0.1) is 0 Å².